The topological polar surface area (TPSA) is 94.3 Å². The van der Waals surface area contributed by atoms with Gasteiger partial charge in [0.1, 0.15) is 0 Å². The van der Waals surface area contributed by atoms with Crippen molar-refractivity contribution in [2.75, 3.05) is 17.7 Å². The fourth-order valence-corrected chi connectivity index (χ4v) is 3.58. The van der Waals surface area contributed by atoms with Gasteiger partial charge >= 0.3 is 5.97 Å². The van der Waals surface area contributed by atoms with E-state index in [4.69, 9.17) is 10.5 Å². The van der Waals surface area contributed by atoms with E-state index in [0.29, 0.717) is 16.4 Å². The van der Waals surface area contributed by atoms with Gasteiger partial charge in [-0.1, -0.05) is 42.5 Å². The number of hydrogen-bond donors (Lipinski definition) is 2. The second kappa shape index (κ2) is 8.12. The Kier molecular flexibility index (Phi) is 5.22. The fourth-order valence-electron chi connectivity index (χ4n) is 2.85. The van der Waals surface area contributed by atoms with E-state index in [2.05, 4.69) is 22.4 Å². The van der Waals surface area contributed by atoms with Gasteiger partial charge in [0.2, 0.25) is 0 Å². The summed E-state index contributed by atoms with van der Waals surface area (Å²) in [6.07, 6.45) is 0. The van der Waals surface area contributed by atoms with Gasteiger partial charge < -0.3 is 10.5 Å². The van der Waals surface area contributed by atoms with Crippen molar-refractivity contribution < 1.29 is 14.3 Å². The normalized spacial score (nSPS) is 10.6. The molecular weight excluding hydrogens is 386 g/mol. The summed E-state index contributed by atoms with van der Waals surface area (Å²) < 4.78 is 5.03. The second-order valence-corrected chi connectivity index (χ2v) is 7.21. The number of fused-ring (bicyclic) bond motifs is 1. The standard InChI is InChI=1S/C22H17N3O3S/c23-18-7-3-6-17(11-18)21(27)28-12-20(26)25-22-24-19(13-29-22)16-9-8-14-4-1-2-5-15(14)10-16/h1-11,13H,12,23H2,(H,24,25,26). The number of rotatable bonds is 5. The first-order valence-corrected chi connectivity index (χ1v) is 9.74. The molecule has 144 valence electrons. The molecule has 0 saturated heterocycles. The van der Waals surface area contributed by atoms with E-state index < -0.39 is 18.5 Å². The van der Waals surface area contributed by atoms with Crippen LogP contribution in [0.2, 0.25) is 0 Å². The Morgan fingerprint density at radius 3 is 2.66 bits per heavy atom. The number of anilines is 2. The van der Waals surface area contributed by atoms with Crippen molar-refractivity contribution in [3.05, 3.63) is 77.7 Å². The van der Waals surface area contributed by atoms with Crippen LogP contribution in [0.25, 0.3) is 22.0 Å². The number of nitrogens with zero attached hydrogens (tertiary/aromatic N) is 1. The van der Waals surface area contributed by atoms with Crippen molar-refractivity contribution in [1.82, 2.24) is 4.98 Å². The van der Waals surface area contributed by atoms with E-state index in [-0.39, 0.29) is 0 Å². The van der Waals surface area contributed by atoms with Gasteiger partial charge in [-0.25, -0.2) is 9.78 Å². The molecule has 0 aliphatic rings. The number of carbonyl (C=O) groups is 2. The molecule has 3 N–H and O–H groups in total. The third-order valence-electron chi connectivity index (χ3n) is 4.25. The Labute approximate surface area is 171 Å². The molecule has 4 aromatic rings. The van der Waals surface area contributed by atoms with Crippen LogP contribution in [0.15, 0.2) is 72.1 Å². The van der Waals surface area contributed by atoms with E-state index in [9.17, 15) is 9.59 Å². The number of carbonyl (C=O) groups excluding carboxylic acids is 2. The highest BCUT2D eigenvalue weighted by atomic mass is 32.1. The molecule has 0 unspecified atom stereocenters. The molecule has 0 fully saturated rings. The fraction of sp³-hybridized carbons (Fsp3) is 0.0455. The first kappa shape index (κ1) is 18.6. The number of nitrogens with two attached hydrogens (primary N) is 1. The van der Waals surface area contributed by atoms with Crippen molar-refractivity contribution in [2.45, 2.75) is 0 Å². The molecule has 0 spiro atoms. The first-order chi connectivity index (χ1) is 14.1. The summed E-state index contributed by atoms with van der Waals surface area (Å²) in [5, 5.41) is 7.25. The molecule has 1 aromatic heterocycles. The molecule has 0 radical (unpaired) electrons. The van der Waals surface area contributed by atoms with Crippen LogP contribution in [0.1, 0.15) is 10.4 Å². The molecular formula is C22H17N3O3S. The number of nitrogen functional groups attached to an aromatic ring is 1. The molecule has 1 heterocycles. The molecule has 0 atom stereocenters. The summed E-state index contributed by atoms with van der Waals surface area (Å²) in [6, 6.07) is 20.6. The zero-order valence-corrected chi connectivity index (χ0v) is 16.1. The number of hydrogen-bond acceptors (Lipinski definition) is 6. The maximum Gasteiger partial charge on any atom is 0.338 e. The number of benzene rings is 3. The zero-order valence-electron chi connectivity index (χ0n) is 15.3. The van der Waals surface area contributed by atoms with Crippen LogP contribution in [-0.2, 0) is 9.53 Å². The molecule has 29 heavy (non-hydrogen) atoms. The third kappa shape index (κ3) is 4.41. The van der Waals surface area contributed by atoms with Crippen LogP contribution < -0.4 is 11.1 Å². The SMILES string of the molecule is Nc1cccc(C(=O)OCC(=O)Nc2nc(-c3ccc4ccccc4c3)cs2)c1. The van der Waals surface area contributed by atoms with Gasteiger partial charge in [-0.15, -0.1) is 11.3 Å². The Bertz CT molecular complexity index is 1200. The van der Waals surface area contributed by atoms with Gasteiger partial charge in [-0.2, -0.15) is 0 Å². The Balaban J connectivity index is 1.38. The van der Waals surface area contributed by atoms with Crippen LogP contribution in [0.5, 0.6) is 0 Å². The lowest BCUT2D eigenvalue weighted by Crippen LogP contribution is -2.20. The minimum atomic E-state index is -0.608. The number of ether oxygens (including phenoxy) is 1. The van der Waals surface area contributed by atoms with Gasteiger partial charge in [0, 0.05) is 16.6 Å². The quantitative estimate of drug-likeness (QED) is 0.382. The summed E-state index contributed by atoms with van der Waals surface area (Å²) in [6.45, 7) is -0.404. The van der Waals surface area contributed by atoms with Crippen molar-refractivity contribution in [2.24, 2.45) is 0 Å². The van der Waals surface area contributed by atoms with E-state index in [1.165, 1.54) is 17.4 Å². The maximum atomic E-state index is 12.1. The molecule has 4 rings (SSSR count). The molecule has 0 aliphatic carbocycles. The molecule has 3 aromatic carbocycles. The number of esters is 1. The van der Waals surface area contributed by atoms with Gasteiger partial charge in [0.15, 0.2) is 11.7 Å². The van der Waals surface area contributed by atoms with Crippen LogP contribution in [0, 0.1) is 0 Å². The number of aromatic nitrogens is 1. The number of thiazole rings is 1. The van der Waals surface area contributed by atoms with E-state index in [1.807, 2.05) is 35.7 Å². The van der Waals surface area contributed by atoms with Gasteiger partial charge in [0.25, 0.3) is 5.91 Å². The van der Waals surface area contributed by atoms with Crippen molar-refractivity contribution >= 4 is 44.8 Å². The summed E-state index contributed by atoms with van der Waals surface area (Å²) in [5.41, 5.74) is 8.13. The Hall–Kier alpha value is -3.71. The summed E-state index contributed by atoms with van der Waals surface area (Å²) in [4.78, 5) is 28.5. The van der Waals surface area contributed by atoms with Crippen molar-refractivity contribution in [3.63, 3.8) is 0 Å². The Morgan fingerprint density at radius 2 is 1.83 bits per heavy atom. The highest BCUT2D eigenvalue weighted by Crippen LogP contribution is 2.27. The average molecular weight is 403 g/mol. The van der Waals surface area contributed by atoms with Crippen molar-refractivity contribution in [1.29, 1.82) is 0 Å². The molecule has 0 aliphatic heterocycles. The van der Waals surface area contributed by atoms with E-state index in [0.717, 1.165) is 22.0 Å². The second-order valence-electron chi connectivity index (χ2n) is 6.35. The molecule has 0 saturated carbocycles. The Morgan fingerprint density at radius 1 is 1.00 bits per heavy atom. The molecule has 0 bridgehead atoms. The van der Waals surface area contributed by atoms with Crippen LogP contribution in [-0.4, -0.2) is 23.5 Å². The summed E-state index contributed by atoms with van der Waals surface area (Å²) in [5.74, 6) is -1.06. The van der Waals surface area contributed by atoms with Crippen LogP contribution >= 0.6 is 11.3 Å². The van der Waals surface area contributed by atoms with Gasteiger partial charge in [-0.3, -0.25) is 10.1 Å². The van der Waals surface area contributed by atoms with Crippen LogP contribution in [0.4, 0.5) is 10.8 Å². The van der Waals surface area contributed by atoms with E-state index in [1.54, 1.807) is 18.2 Å². The highest BCUT2D eigenvalue weighted by Gasteiger charge is 2.12. The zero-order chi connectivity index (χ0) is 20.2. The van der Waals surface area contributed by atoms with Crippen LogP contribution in [0.3, 0.4) is 0 Å². The average Bonchev–Trinajstić information content (AvgIpc) is 3.20. The third-order valence-corrected chi connectivity index (χ3v) is 5.01. The summed E-state index contributed by atoms with van der Waals surface area (Å²) >= 11 is 1.31. The number of amides is 1. The van der Waals surface area contributed by atoms with E-state index >= 15 is 0 Å². The lowest BCUT2D eigenvalue weighted by Gasteiger charge is -2.05. The monoisotopic (exact) mass is 403 g/mol. The molecule has 1 amide bonds. The highest BCUT2D eigenvalue weighted by molar-refractivity contribution is 7.14. The predicted molar refractivity (Wildman–Crippen MR) is 115 cm³/mol. The summed E-state index contributed by atoms with van der Waals surface area (Å²) in [7, 11) is 0. The predicted octanol–water partition coefficient (Wildman–Crippen LogP) is 4.34. The molecule has 7 heteroatoms. The number of nitrogens with one attached hydrogen (secondary N) is 1. The maximum absolute atomic E-state index is 12.1. The smallest absolute Gasteiger partial charge is 0.338 e. The first-order valence-electron chi connectivity index (χ1n) is 8.86. The van der Waals surface area contributed by atoms with Gasteiger partial charge in [-0.05, 0) is 35.0 Å². The van der Waals surface area contributed by atoms with Crippen molar-refractivity contribution in [3.8, 4) is 11.3 Å². The van der Waals surface area contributed by atoms with Gasteiger partial charge in [0.05, 0.1) is 11.3 Å². The minimum Gasteiger partial charge on any atom is -0.452 e. The molecule has 6 nitrogen and oxygen atoms in total. The minimum absolute atomic E-state index is 0.297. The largest absolute Gasteiger partial charge is 0.452 e. The lowest BCUT2D eigenvalue weighted by molar-refractivity contribution is -0.119. The lowest BCUT2D eigenvalue weighted by atomic mass is 10.1.